The van der Waals surface area contributed by atoms with Gasteiger partial charge in [-0.3, -0.25) is 9.48 Å². The Balaban J connectivity index is 2.48. The van der Waals surface area contributed by atoms with Crippen molar-refractivity contribution in [2.24, 2.45) is 7.05 Å². The first-order valence-electron chi connectivity index (χ1n) is 6.90. The molecule has 2 rings (SSSR count). The number of carbonyl (C=O) groups excluding carboxylic acids is 1. The van der Waals surface area contributed by atoms with E-state index in [1.165, 1.54) is 11.4 Å². The quantitative estimate of drug-likeness (QED) is 0.769. The molecule has 0 aromatic carbocycles. The molecule has 1 aromatic rings. The van der Waals surface area contributed by atoms with Crippen LogP contribution in [0.5, 0.6) is 0 Å². The second-order valence-electron chi connectivity index (χ2n) is 5.27. The number of piperidine rings is 1. The number of carbonyl (C=O) groups is 1. The van der Waals surface area contributed by atoms with Gasteiger partial charge in [-0.1, -0.05) is 0 Å². The molecule has 118 valence electrons. The number of hydrogen-bond donors (Lipinski definition) is 0. The number of sulfonamides is 1. The van der Waals surface area contributed by atoms with Crippen LogP contribution in [0.1, 0.15) is 30.7 Å². The topological polar surface area (TPSA) is 81.5 Å². The van der Waals surface area contributed by atoms with Gasteiger partial charge >= 0.3 is 5.97 Å². The Hall–Kier alpha value is -1.41. The third kappa shape index (κ3) is 2.69. The average Bonchev–Trinajstić information content (AvgIpc) is 2.71. The fourth-order valence-electron chi connectivity index (χ4n) is 2.81. The van der Waals surface area contributed by atoms with E-state index in [-0.39, 0.29) is 4.90 Å². The highest BCUT2D eigenvalue weighted by Crippen LogP contribution is 2.29. The lowest BCUT2D eigenvalue weighted by Gasteiger charge is -2.32. The summed E-state index contributed by atoms with van der Waals surface area (Å²) in [5.74, 6) is -0.502. The Labute approximate surface area is 124 Å². The van der Waals surface area contributed by atoms with Crippen molar-refractivity contribution in [2.75, 3.05) is 13.7 Å². The number of aromatic nitrogens is 2. The van der Waals surface area contributed by atoms with Gasteiger partial charge in [0.15, 0.2) is 0 Å². The summed E-state index contributed by atoms with van der Waals surface area (Å²) in [5.41, 5.74) is 1.02. The summed E-state index contributed by atoms with van der Waals surface area (Å²) < 4.78 is 33.4. The van der Waals surface area contributed by atoms with Gasteiger partial charge in [-0.25, -0.2) is 8.42 Å². The van der Waals surface area contributed by atoms with E-state index in [4.69, 9.17) is 4.74 Å². The molecule has 1 aliphatic rings. The van der Waals surface area contributed by atoms with Crippen molar-refractivity contribution < 1.29 is 17.9 Å². The summed E-state index contributed by atoms with van der Waals surface area (Å²) in [6.45, 7) is 3.71. The van der Waals surface area contributed by atoms with Gasteiger partial charge in [0.1, 0.15) is 10.9 Å². The van der Waals surface area contributed by atoms with Gasteiger partial charge in [0, 0.05) is 13.6 Å². The molecule has 0 bridgehead atoms. The first kappa shape index (κ1) is 16.0. The second-order valence-corrected chi connectivity index (χ2v) is 7.10. The van der Waals surface area contributed by atoms with Crippen molar-refractivity contribution in [3.63, 3.8) is 0 Å². The summed E-state index contributed by atoms with van der Waals surface area (Å²) >= 11 is 0. The second kappa shape index (κ2) is 5.76. The first-order valence-corrected chi connectivity index (χ1v) is 8.34. The van der Waals surface area contributed by atoms with Gasteiger partial charge in [0.05, 0.1) is 18.5 Å². The molecule has 1 fully saturated rings. The molecular formula is C13H21N3O4S. The zero-order valence-corrected chi connectivity index (χ0v) is 13.6. The average molecular weight is 315 g/mol. The van der Waals surface area contributed by atoms with E-state index in [9.17, 15) is 13.2 Å². The fourth-order valence-corrected chi connectivity index (χ4v) is 4.86. The van der Waals surface area contributed by atoms with E-state index in [1.807, 2.05) is 0 Å². The normalized spacial score (nSPS) is 20.5. The summed E-state index contributed by atoms with van der Waals surface area (Å²) in [5, 5.41) is 4.16. The molecule has 0 saturated carbocycles. The largest absolute Gasteiger partial charge is 0.468 e. The molecule has 0 unspecified atom stereocenters. The van der Waals surface area contributed by atoms with Crippen LogP contribution in [0.2, 0.25) is 0 Å². The lowest BCUT2D eigenvalue weighted by molar-refractivity contribution is -0.146. The van der Waals surface area contributed by atoms with Crippen LogP contribution in [-0.2, 0) is 26.6 Å². The summed E-state index contributed by atoms with van der Waals surface area (Å²) in [4.78, 5) is 12.1. The predicted molar refractivity (Wildman–Crippen MR) is 76.2 cm³/mol. The van der Waals surface area contributed by atoms with Gasteiger partial charge < -0.3 is 4.74 Å². The van der Waals surface area contributed by atoms with Crippen LogP contribution in [0, 0.1) is 13.8 Å². The monoisotopic (exact) mass is 315 g/mol. The zero-order chi connectivity index (χ0) is 15.8. The molecule has 0 amide bonds. The van der Waals surface area contributed by atoms with Gasteiger partial charge in [0.2, 0.25) is 10.0 Å². The first-order chi connectivity index (χ1) is 9.80. The lowest BCUT2D eigenvalue weighted by atomic mass is 10.1. The van der Waals surface area contributed by atoms with Crippen LogP contribution in [0.3, 0.4) is 0 Å². The molecule has 1 aromatic heterocycles. The molecule has 0 spiro atoms. The molecule has 1 aliphatic heterocycles. The Morgan fingerprint density at radius 3 is 2.52 bits per heavy atom. The molecule has 2 heterocycles. The highest BCUT2D eigenvalue weighted by molar-refractivity contribution is 7.89. The molecule has 8 heteroatoms. The van der Waals surface area contributed by atoms with Crippen LogP contribution < -0.4 is 0 Å². The van der Waals surface area contributed by atoms with Gasteiger partial charge in [0.25, 0.3) is 0 Å². The summed E-state index contributed by atoms with van der Waals surface area (Å²) in [7, 11) is -0.774. The minimum absolute atomic E-state index is 0.195. The van der Waals surface area contributed by atoms with E-state index in [0.717, 1.165) is 12.8 Å². The van der Waals surface area contributed by atoms with Crippen molar-refractivity contribution in [1.82, 2.24) is 14.1 Å². The summed E-state index contributed by atoms with van der Waals surface area (Å²) in [6.07, 6.45) is 2.05. The Morgan fingerprint density at radius 2 is 2.00 bits per heavy atom. The molecule has 7 nitrogen and oxygen atoms in total. The lowest BCUT2D eigenvalue weighted by Crippen LogP contribution is -2.48. The smallest absolute Gasteiger partial charge is 0.324 e. The van der Waals surface area contributed by atoms with Crippen molar-refractivity contribution in [1.29, 1.82) is 0 Å². The third-order valence-electron chi connectivity index (χ3n) is 3.94. The number of rotatable bonds is 3. The minimum atomic E-state index is -3.76. The number of methoxy groups -OCH3 is 1. The number of aryl methyl sites for hydroxylation is 2. The number of hydrogen-bond acceptors (Lipinski definition) is 5. The maximum atomic E-state index is 12.9. The van der Waals surface area contributed by atoms with Crippen LogP contribution in [0.4, 0.5) is 0 Å². The van der Waals surface area contributed by atoms with E-state index in [1.54, 1.807) is 25.6 Å². The maximum absolute atomic E-state index is 12.9. The van der Waals surface area contributed by atoms with Crippen molar-refractivity contribution in [3.05, 3.63) is 11.4 Å². The predicted octanol–water partition coefficient (Wildman–Crippen LogP) is 0.753. The Morgan fingerprint density at radius 1 is 1.33 bits per heavy atom. The molecular weight excluding hydrogens is 294 g/mol. The van der Waals surface area contributed by atoms with Crippen molar-refractivity contribution in [2.45, 2.75) is 44.0 Å². The maximum Gasteiger partial charge on any atom is 0.324 e. The minimum Gasteiger partial charge on any atom is -0.468 e. The van der Waals surface area contributed by atoms with E-state index < -0.39 is 22.0 Å². The number of nitrogens with zero attached hydrogens (tertiary/aromatic N) is 3. The number of ether oxygens (including phenoxy) is 1. The van der Waals surface area contributed by atoms with Gasteiger partial charge in [-0.2, -0.15) is 9.40 Å². The molecule has 0 radical (unpaired) electrons. The molecule has 0 aliphatic carbocycles. The highest BCUT2D eigenvalue weighted by atomic mass is 32.2. The SMILES string of the molecule is COC(=O)[C@@H]1CCCCN1S(=O)(=O)c1c(C)nn(C)c1C. The van der Waals surface area contributed by atoms with Crippen LogP contribution in [0.25, 0.3) is 0 Å². The van der Waals surface area contributed by atoms with Crippen LogP contribution in [-0.4, -0.2) is 48.2 Å². The van der Waals surface area contributed by atoms with Crippen molar-refractivity contribution >= 4 is 16.0 Å². The third-order valence-corrected chi connectivity index (χ3v) is 6.10. The van der Waals surface area contributed by atoms with Gasteiger partial charge in [-0.15, -0.1) is 0 Å². The van der Waals surface area contributed by atoms with Crippen LogP contribution in [0.15, 0.2) is 4.90 Å². The molecule has 1 atom stereocenters. The number of esters is 1. The van der Waals surface area contributed by atoms with E-state index >= 15 is 0 Å². The molecule has 21 heavy (non-hydrogen) atoms. The molecule has 1 saturated heterocycles. The van der Waals surface area contributed by atoms with Gasteiger partial charge in [-0.05, 0) is 33.1 Å². The standard InChI is InChI=1S/C13H21N3O4S/c1-9-12(10(2)15(3)14-9)21(18,19)16-8-6-5-7-11(16)13(17)20-4/h11H,5-8H2,1-4H3/t11-/m0/s1. The van der Waals surface area contributed by atoms with E-state index in [2.05, 4.69) is 5.10 Å². The summed E-state index contributed by atoms with van der Waals surface area (Å²) in [6, 6.07) is -0.743. The Bertz CT molecular complexity index is 651. The van der Waals surface area contributed by atoms with Crippen LogP contribution >= 0.6 is 0 Å². The fraction of sp³-hybridized carbons (Fsp3) is 0.692. The highest BCUT2D eigenvalue weighted by Gasteiger charge is 2.40. The van der Waals surface area contributed by atoms with E-state index in [0.29, 0.717) is 24.4 Å². The Kier molecular flexibility index (Phi) is 4.38. The van der Waals surface area contributed by atoms with Crippen molar-refractivity contribution in [3.8, 4) is 0 Å². The molecule has 0 N–H and O–H groups in total. The zero-order valence-electron chi connectivity index (χ0n) is 12.8.